The molecule has 0 radical (unpaired) electrons. The van der Waals surface area contributed by atoms with E-state index in [1.54, 1.807) is 0 Å². The molecular formula is C17H25BrClN. The van der Waals surface area contributed by atoms with Gasteiger partial charge in [-0.2, -0.15) is 0 Å². The second-order valence-electron chi connectivity index (χ2n) is 6.71. The van der Waals surface area contributed by atoms with Gasteiger partial charge in [-0.3, -0.25) is 0 Å². The predicted molar refractivity (Wildman–Crippen MR) is 91.2 cm³/mol. The highest BCUT2D eigenvalue weighted by atomic mass is 79.9. The maximum atomic E-state index is 6.63. The number of hydrogen-bond acceptors (Lipinski definition) is 1. The van der Waals surface area contributed by atoms with Crippen LogP contribution in [0, 0.1) is 11.3 Å². The van der Waals surface area contributed by atoms with Crippen molar-refractivity contribution in [1.29, 1.82) is 0 Å². The maximum absolute atomic E-state index is 6.63. The molecule has 0 heterocycles. The first kappa shape index (κ1) is 16.3. The van der Waals surface area contributed by atoms with E-state index >= 15 is 0 Å². The zero-order valence-electron chi connectivity index (χ0n) is 12.5. The Morgan fingerprint density at radius 2 is 1.95 bits per heavy atom. The summed E-state index contributed by atoms with van der Waals surface area (Å²) >= 11 is 9.80. The molecule has 112 valence electrons. The van der Waals surface area contributed by atoms with Gasteiger partial charge in [0.15, 0.2) is 0 Å². The van der Waals surface area contributed by atoms with E-state index in [0.717, 1.165) is 15.9 Å². The molecule has 1 atom stereocenters. The molecule has 20 heavy (non-hydrogen) atoms. The van der Waals surface area contributed by atoms with E-state index in [-0.39, 0.29) is 6.04 Å². The van der Waals surface area contributed by atoms with Crippen LogP contribution in [-0.4, -0.2) is 6.04 Å². The highest BCUT2D eigenvalue weighted by Gasteiger charge is 2.39. The minimum Gasteiger partial charge on any atom is -0.327 e. The van der Waals surface area contributed by atoms with Gasteiger partial charge in [0.1, 0.15) is 0 Å². The molecule has 0 spiro atoms. The normalized spacial score (nSPS) is 19.5. The summed E-state index contributed by atoms with van der Waals surface area (Å²) in [6.07, 6.45) is 7.34. The Kier molecular flexibility index (Phi) is 5.56. The van der Waals surface area contributed by atoms with Crippen LogP contribution in [0.2, 0.25) is 5.02 Å². The Morgan fingerprint density at radius 3 is 2.50 bits per heavy atom. The number of benzene rings is 1. The molecule has 1 aliphatic rings. The zero-order valence-corrected chi connectivity index (χ0v) is 14.8. The summed E-state index contributed by atoms with van der Waals surface area (Å²) in [7, 11) is 0. The van der Waals surface area contributed by atoms with E-state index in [2.05, 4.69) is 41.9 Å². The predicted octanol–water partition coefficient (Wildman–Crippen LogP) is 5.58. The average Bonchev–Trinajstić information content (AvgIpc) is 2.81. The van der Waals surface area contributed by atoms with E-state index in [0.29, 0.717) is 11.3 Å². The van der Waals surface area contributed by atoms with Gasteiger partial charge in [-0.05, 0) is 54.7 Å². The van der Waals surface area contributed by atoms with Crippen LogP contribution in [0.1, 0.15) is 51.5 Å². The highest BCUT2D eigenvalue weighted by Crippen LogP contribution is 2.46. The molecule has 0 aromatic heterocycles. The molecule has 1 aromatic carbocycles. The fourth-order valence-electron chi connectivity index (χ4n) is 3.76. The third kappa shape index (κ3) is 3.78. The molecule has 3 heteroatoms. The first-order valence-corrected chi connectivity index (χ1v) is 8.79. The second kappa shape index (κ2) is 6.81. The van der Waals surface area contributed by atoms with Crippen molar-refractivity contribution in [3.8, 4) is 0 Å². The Hall–Kier alpha value is -0.0500. The molecule has 1 nitrogen and oxygen atoms in total. The molecule has 0 saturated heterocycles. The SMILES string of the molecule is CC(C)CC1(C(N)Cc2ccc(Br)cc2Cl)CCCC1. The van der Waals surface area contributed by atoms with Crippen LogP contribution in [0.5, 0.6) is 0 Å². The molecule has 1 fully saturated rings. The monoisotopic (exact) mass is 357 g/mol. The van der Waals surface area contributed by atoms with Gasteiger partial charge >= 0.3 is 0 Å². The van der Waals surface area contributed by atoms with Crippen LogP contribution in [0.15, 0.2) is 22.7 Å². The topological polar surface area (TPSA) is 26.0 Å². The maximum Gasteiger partial charge on any atom is 0.0449 e. The fourth-order valence-corrected chi connectivity index (χ4v) is 4.51. The molecule has 1 unspecified atom stereocenters. The summed E-state index contributed by atoms with van der Waals surface area (Å²) in [6, 6.07) is 6.33. The molecule has 0 bridgehead atoms. The zero-order chi connectivity index (χ0) is 14.8. The van der Waals surface area contributed by atoms with Crippen LogP contribution in [0.25, 0.3) is 0 Å². The Labute approximate surface area is 136 Å². The Morgan fingerprint density at radius 1 is 1.30 bits per heavy atom. The van der Waals surface area contributed by atoms with Crippen LogP contribution < -0.4 is 5.73 Å². The van der Waals surface area contributed by atoms with E-state index in [9.17, 15) is 0 Å². The van der Waals surface area contributed by atoms with E-state index in [1.165, 1.54) is 37.7 Å². The van der Waals surface area contributed by atoms with Gasteiger partial charge in [0.2, 0.25) is 0 Å². The first-order valence-electron chi connectivity index (χ1n) is 7.62. The van der Waals surface area contributed by atoms with Crippen molar-refractivity contribution in [3.05, 3.63) is 33.3 Å². The Bertz CT molecular complexity index is 452. The lowest BCUT2D eigenvalue weighted by molar-refractivity contribution is 0.181. The molecule has 2 N–H and O–H groups in total. The average molecular weight is 359 g/mol. The Balaban J connectivity index is 2.14. The number of nitrogens with two attached hydrogens (primary N) is 1. The minimum atomic E-state index is 0.214. The summed E-state index contributed by atoms with van der Waals surface area (Å²) in [5.41, 5.74) is 8.13. The van der Waals surface area contributed by atoms with Crippen LogP contribution >= 0.6 is 27.5 Å². The van der Waals surface area contributed by atoms with Crippen molar-refractivity contribution in [1.82, 2.24) is 0 Å². The quantitative estimate of drug-likeness (QED) is 0.730. The van der Waals surface area contributed by atoms with Gasteiger partial charge in [0, 0.05) is 15.5 Å². The van der Waals surface area contributed by atoms with Gasteiger partial charge in [0.25, 0.3) is 0 Å². The molecule has 1 saturated carbocycles. The van der Waals surface area contributed by atoms with Crippen molar-refractivity contribution in [2.24, 2.45) is 17.1 Å². The lowest BCUT2D eigenvalue weighted by Gasteiger charge is -2.37. The molecular weight excluding hydrogens is 334 g/mol. The van der Waals surface area contributed by atoms with Gasteiger partial charge in [-0.25, -0.2) is 0 Å². The van der Waals surface area contributed by atoms with Gasteiger partial charge in [-0.1, -0.05) is 60.3 Å². The third-order valence-corrected chi connectivity index (χ3v) is 5.50. The molecule has 2 rings (SSSR count). The molecule has 0 amide bonds. The number of halogens is 2. The van der Waals surface area contributed by atoms with Crippen LogP contribution in [0.3, 0.4) is 0 Å². The van der Waals surface area contributed by atoms with Crippen molar-refractivity contribution in [3.63, 3.8) is 0 Å². The van der Waals surface area contributed by atoms with Crippen molar-refractivity contribution < 1.29 is 0 Å². The number of rotatable bonds is 5. The summed E-state index contributed by atoms with van der Waals surface area (Å²) < 4.78 is 1.03. The number of hydrogen-bond donors (Lipinski definition) is 1. The van der Waals surface area contributed by atoms with E-state index in [4.69, 9.17) is 17.3 Å². The fraction of sp³-hybridized carbons (Fsp3) is 0.647. The van der Waals surface area contributed by atoms with Gasteiger partial charge in [0.05, 0.1) is 0 Å². The largest absolute Gasteiger partial charge is 0.327 e. The van der Waals surface area contributed by atoms with Crippen molar-refractivity contribution in [2.45, 2.75) is 58.4 Å². The van der Waals surface area contributed by atoms with Crippen molar-refractivity contribution >= 4 is 27.5 Å². The van der Waals surface area contributed by atoms with Gasteiger partial charge in [-0.15, -0.1) is 0 Å². The molecule has 0 aliphatic heterocycles. The minimum absolute atomic E-state index is 0.214. The highest BCUT2D eigenvalue weighted by molar-refractivity contribution is 9.10. The van der Waals surface area contributed by atoms with E-state index < -0.39 is 0 Å². The van der Waals surface area contributed by atoms with Gasteiger partial charge < -0.3 is 5.73 Å². The lowest BCUT2D eigenvalue weighted by atomic mass is 9.71. The molecule has 1 aliphatic carbocycles. The summed E-state index contributed by atoms with van der Waals surface area (Å²) in [5.74, 6) is 0.708. The lowest BCUT2D eigenvalue weighted by Crippen LogP contribution is -2.42. The van der Waals surface area contributed by atoms with Crippen LogP contribution in [0.4, 0.5) is 0 Å². The molecule has 1 aromatic rings. The summed E-state index contributed by atoms with van der Waals surface area (Å²) in [6.45, 7) is 4.61. The van der Waals surface area contributed by atoms with Crippen LogP contribution in [-0.2, 0) is 6.42 Å². The third-order valence-electron chi connectivity index (χ3n) is 4.66. The first-order chi connectivity index (χ1) is 9.43. The standard InChI is InChI=1S/C17H25BrClN/c1-12(2)11-17(7-3-4-8-17)16(20)9-13-5-6-14(18)10-15(13)19/h5-6,10,12,16H,3-4,7-9,11,20H2,1-2H3. The van der Waals surface area contributed by atoms with Crippen molar-refractivity contribution in [2.75, 3.05) is 0 Å². The van der Waals surface area contributed by atoms with E-state index in [1.807, 2.05) is 6.07 Å². The summed E-state index contributed by atoms with van der Waals surface area (Å²) in [5, 5.41) is 0.826. The second-order valence-corrected chi connectivity index (χ2v) is 8.04. The summed E-state index contributed by atoms with van der Waals surface area (Å²) in [4.78, 5) is 0. The smallest absolute Gasteiger partial charge is 0.0449 e.